The Balaban J connectivity index is 1.44. The lowest BCUT2D eigenvalue weighted by molar-refractivity contribution is -0.123. The number of carbonyl (C=O) groups excluding carboxylic acids is 3. The van der Waals surface area contributed by atoms with Gasteiger partial charge in [-0.25, -0.2) is 4.90 Å². The minimum atomic E-state index is -0.491. The van der Waals surface area contributed by atoms with Crippen molar-refractivity contribution in [3.63, 3.8) is 0 Å². The number of Topliss-reactive ketones (excluding diaryl/α,β-unsaturated/α-hetero) is 1. The predicted molar refractivity (Wildman–Crippen MR) is 118 cm³/mol. The number of hydrogen-bond acceptors (Lipinski definition) is 5. The standard InChI is InChI=1S/C22H21Cl2N3O3/c1-14(28)15-2-5-17(6-3-15)25-8-10-26(11-9-25)20-13-21(29)27(22(20)30)19-12-16(23)4-7-18(19)24/h2-7,12,20H,8-11,13H2,1H3/t20-/m0/s1. The summed E-state index contributed by atoms with van der Waals surface area (Å²) in [5.41, 5.74) is 2.07. The van der Waals surface area contributed by atoms with Crippen molar-refractivity contribution in [2.45, 2.75) is 19.4 Å². The van der Waals surface area contributed by atoms with Crippen LogP contribution >= 0.6 is 23.2 Å². The SMILES string of the molecule is CC(=O)c1ccc(N2CCN([C@H]3CC(=O)N(c4cc(Cl)ccc4Cl)C3=O)CC2)cc1. The average molecular weight is 446 g/mol. The monoisotopic (exact) mass is 445 g/mol. The van der Waals surface area contributed by atoms with E-state index >= 15 is 0 Å². The minimum Gasteiger partial charge on any atom is -0.369 e. The molecule has 0 unspecified atom stereocenters. The van der Waals surface area contributed by atoms with Crippen molar-refractivity contribution in [2.75, 3.05) is 36.0 Å². The summed E-state index contributed by atoms with van der Waals surface area (Å²) in [6.07, 6.45) is 0.134. The van der Waals surface area contributed by atoms with Gasteiger partial charge in [-0.2, -0.15) is 0 Å². The van der Waals surface area contributed by atoms with Crippen molar-refractivity contribution in [3.05, 3.63) is 58.1 Å². The highest BCUT2D eigenvalue weighted by Gasteiger charge is 2.44. The van der Waals surface area contributed by atoms with Crippen molar-refractivity contribution in [1.82, 2.24) is 4.90 Å². The van der Waals surface area contributed by atoms with Gasteiger partial charge in [-0.15, -0.1) is 0 Å². The predicted octanol–water partition coefficient (Wildman–Crippen LogP) is 3.65. The molecule has 8 heteroatoms. The first-order valence-electron chi connectivity index (χ1n) is 9.77. The van der Waals surface area contributed by atoms with Crippen LogP contribution in [0, 0.1) is 0 Å². The van der Waals surface area contributed by atoms with Crippen LogP contribution in [0.15, 0.2) is 42.5 Å². The van der Waals surface area contributed by atoms with Crippen molar-refractivity contribution in [2.24, 2.45) is 0 Å². The molecule has 0 radical (unpaired) electrons. The molecule has 2 aliphatic rings. The second kappa shape index (κ2) is 8.38. The van der Waals surface area contributed by atoms with E-state index in [0.29, 0.717) is 34.4 Å². The summed E-state index contributed by atoms with van der Waals surface area (Å²) in [5.74, 6) is -0.486. The zero-order chi connectivity index (χ0) is 21.4. The third-order valence-corrected chi connectivity index (χ3v) is 6.22. The molecule has 2 aromatic rings. The Labute approximate surface area is 184 Å². The second-order valence-electron chi connectivity index (χ2n) is 7.51. The molecule has 6 nitrogen and oxygen atoms in total. The lowest BCUT2D eigenvalue weighted by Gasteiger charge is -2.38. The number of rotatable bonds is 4. The summed E-state index contributed by atoms with van der Waals surface area (Å²) in [5, 5.41) is 0.739. The number of halogens is 2. The molecule has 2 saturated heterocycles. The molecule has 2 amide bonds. The van der Waals surface area contributed by atoms with E-state index in [4.69, 9.17) is 23.2 Å². The van der Waals surface area contributed by atoms with Gasteiger partial charge in [-0.05, 0) is 49.4 Å². The molecule has 30 heavy (non-hydrogen) atoms. The zero-order valence-corrected chi connectivity index (χ0v) is 18.0. The van der Waals surface area contributed by atoms with E-state index in [2.05, 4.69) is 9.80 Å². The molecule has 0 aromatic heterocycles. The molecule has 0 N–H and O–H groups in total. The highest BCUT2D eigenvalue weighted by Crippen LogP contribution is 2.34. The Morgan fingerprint density at radius 3 is 2.27 bits per heavy atom. The summed E-state index contributed by atoms with van der Waals surface area (Å²) >= 11 is 12.2. The molecule has 0 aliphatic carbocycles. The fraction of sp³-hybridized carbons (Fsp3) is 0.318. The molecule has 2 heterocycles. The Kier molecular flexibility index (Phi) is 5.82. The van der Waals surface area contributed by atoms with Crippen LogP contribution in [-0.4, -0.2) is 54.7 Å². The second-order valence-corrected chi connectivity index (χ2v) is 8.35. The number of nitrogens with zero attached hydrogens (tertiary/aromatic N) is 3. The van der Waals surface area contributed by atoms with E-state index in [1.165, 1.54) is 0 Å². The highest BCUT2D eigenvalue weighted by molar-refractivity contribution is 6.37. The van der Waals surface area contributed by atoms with Crippen LogP contribution in [0.1, 0.15) is 23.7 Å². The van der Waals surface area contributed by atoms with Crippen molar-refractivity contribution >= 4 is 52.2 Å². The van der Waals surface area contributed by atoms with Gasteiger partial charge in [0.2, 0.25) is 5.91 Å². The van der Waals surface area contributed by atoms with E-state index in [0.717, 1.165) is 23.7 Å². The Hall–Kier alpha value is -2.41. The summed E-state index contributed by atoms with van der Waals surface area (Å²) < 4.78 is 0. The van der Waals surface area contributed by atoms with Crippen molar-refractivity contribution in [1.29, 1.82) is 0 Å². The highest BCUT2D eigenvalue weighted by atomic mass is 35.5. The first kappa shape index (κ1) is 20.8. The molecule has 156 valence electrons. The van der Waals surface area contributed by atoms with Gasteiger partial charge in [-0.1, -0.05) is 23.2 Å². The average Bonchev–Trinajstić information content (AvgIpc) is 3.04. The number of carbonyl (C=O) groups is 3. The van der Waals surface area contributed by atoms with E-state index in [-0.39, 0.29) is 24.0 Å². The van der Waals surface area contributed by atoms with Crippen LogP contribution in [0.25, 0.3) is 0 Å². The fourth-order valence-electron chi connectivity index (χ4n) is 4.01. The number of hydrogen-bond donors (Lipinski definition) is 0. The number of ketones is 1. The van der Waals surface area contributed by atoms with E-state index < -0.39 is 6.04 Å². The van der Waals surface area contributed by atoms with E-state index in [1.807, 2.05) is 24.3 Å². The molecular formula is C22H21Cl2N3O3. The first-order valence-corrected chi connectivity index (χ1v) is 10.5. The Morgan fingerprint density at radius 2 is 1.63 bits per heavy atom. The normalized spacial score (nSPS) is 20.2. The third kappa shape index (κ3) is 3.95. The van der Waals surface area contributed by atoms with Crippen LogP contribution in [0.4, 0.5) is 11.4 Å². The minimum absolute atomic E-state index is 0.0418. The molecule has 0 bridgehead atoms. The van der Waals surface area contributed by atoms with Gasteiger partial charge in [0.25, 0.3) is 5.91 Å². The van der Waals surface area contributed by atoms with Gasteiger partial charge in [0, 0.05) is 42.5 Å². The molecule has 2 aromatic carbocycles. The third-order valence-electron chi connectivity index (χ3n) is 5.67. The number of anilines is 2. The molecule has 0 saturated carbocycles. The fourth-order valence-corrected chi connectivity index (χ4v) is 4.38. The summed E-state index contributed by atoms with van der Waals surface area (Å²) in [7, 11) is 0. The molecule has 4 rings (SSSR count). The molecule has 2 fully saturated rings. The van der Waals surface area contributed by atoms with Crippen LogP contribution < -0.4 is 9.80 Å². The molecule has 2 aliphatic heterocycles. The van der Waals surface area contributed by atoms with Crippen LogP contribution in [0.5, 0.6) is 0 Å². The molecule has 1 atom stereocenters. The lowest BCUT2D eigenvalue weighted by atomic mass is 10.1. The topological polar surface area (TPSA) is 60.9 Å². The quantitative estimate of drug-likeness (QED) is 0.530. The summed E-state index contributed by atoms with van der Waals surface area (Å²) in [6, 6.07) is 11.8. The largest absolute Gasteiger partial charge is 0.369 e. The van der Waals surface area contributed by atoms with Gasteiger partial charge in [0.05, 0.1) is 23.2 Å². The maximum atomic E-state index is 13.0. The van der Waals surface area contributed by atoms with Gasteiger partial charge >= 0.3 is 0 Å². The number of amides is 2. The summed E-state index contributed by atoms with van der Waals surface area (Å²) in [6.45, 7) is 4.34. The maximum absolute atomic E-state index is 13.0. The van der Waals surface area contributed by atoms with Crippen LogP contribution in [-0.2, 0) is 9.59 Å². The number of benzene rings is 2. The van der Waals surface area contributed by atoms with E-state index in [9.17, 15) is 14.4 Å². The van der Waals surface area contributed by atoms with Gasteiger partial charge in [0.1, 0.15) is 0 Å². The van der Waals surface area contributed by atoms with Gasteiger partial charge < -0.3 is 4.90 Å². The molecule has 0 spiro atoms. The van der Waals surface area contributed by atoms with Gasteiger partial charge in [0.15, 0.2) is 5.78 Å². The van der Waals surface area contributed by atoms with Gasteiger partial charge in [-0.3, -0.25) is 19.3 Å². The first-order chi connectivity index (χ1) is 14.3. The maximum Gasteiger partial charge on any atom is 0.251 e. The lowest BCUT2D eigenvalue weighted by Crippen LogP contribution is -2.52. The van der Waals surface area contributed by atoms with Crippen LogP contribution in [0.2, 0.25) is 10.0 Å². The molecular weight excluding hydrogens is 425 g/mol. The smallest absolute Gasteiger partial charge is 0.251 e. The Morgan fingerprint density at radius 1 is 0.967 bits per heavy atom. The Bertz CT molecular complexity index is 1000. The van der Waals surface area contributed by atoms with E-state index in [1.54, 1.807) is 25.1 Å². The number of piperazine rings is 1. The van der Waals surface area contributed by atoms with Crippen molar-refractivity contribution in [3.8, 4) is 0 Å². The number of imide groups is 1. The summed E-state index contributed by atoms with van der Waals surface area (Å²) in [4.78, 5) is 42.5. The van der Waals surface area contributed by atoms with Crippen LogP contribution in [0.3, 0.4) is 0 Å². The van der Waals surface area contributed by atoms with Crippen molar-refractivity contribution < 1.29 is 14.4 Å². The zero-order valence-electron chi connectivity index (χ0n) is 16.5.